The van der Waals surface area contributed by atoms with Crippen LogP contribution in [0.25, 0.3) is 0 Å². The number of nitrogens with one attached hydrogen (secondary N) is 2. The first-order valence-electron chi connectivity index (χ1n) is 8.77. The van der Waals surface area contributed by atoms with Gasteiger partial charge in [0.05, 0.1) is 13.7 Å². The number of ether oxygens (including phenoxy) is 2. The molecule has 26 heavy (non-hydrogen) atoms. The highest BCUT2D eigenvalue weighted by Crippen LogP contribution is 2.16. The molecule has 140 valence electrons. The molecule has 7 heteroatoms. The maximum atomic E-state index is 12.1. The SMILES string of the molecule is CCCCNC(=O)c1cc(C)nc(NCCOc2ccc(OC)cc2)n1. The van der Waals surface area contributed by atoms with Crippen molar-refractivity contribution < 1.29 is 14.3 Å². The van der Waals surface area contributed by atoms with Crippen molar-refractivity contribution >= 4 is 11.9 Å². The summed E-state index contributed by atoms with van der Waals surface area (Å²) in [6.45, 7) is 5.53. The Balaban J connectivity index is 1.83. The number of nitrogens with zero attached hydrogens (tertiary/aromatic N) is 2. The van der Waals surface area contributed by atoms with Gasteiger partial charge in [-0.05, 0) is 43.7 Å². The zero-order valence-corrected chi connectivity index (χ0v) is 15.5. The summed E-state index contributed by atoms with van der Waals surface area (Å²) in [6.07, 6.45) is 1.98. The second-order valence-corrected chi connectivity index (χ2v) is 5.78. The van der Waals surface area contributed by atoms with Crippen LogP contribution in [0.4, 0.5) is 5.95 Å². The van der Waals surface area contributed by atoms with Gasteiger partial charge in [0.15, 0.2) is 0 Å². The van der Waals surface area contributed by atoms with E-state index in [0.29, 0.717) is 31.3 Å². The molecule has 1 heterocycles. The number of benzene rings is 1. The molecule has 0 atom stereocenters. The van der Waals surface area contributed by atoms with E-state index in [4.69, 9.17) is 9.47 Å². The maximum Gasteiger partial charge on any atom is 0.270 e. The van der Waals surface area contributed by atoms with Gasteiger partial charge in [0.1, 0.15) is 23.8 Å². The molecule has 0 aliphatic carbocycles. The van der Waals surface area contributed by atoms with Gasteiger partial charge >= 0.3 is 0 Å². The van der Waals surface area contributed by atoms with Gasteiger partial charge in [0.2, 0.25) is 5.95 Å². The van der Waals surface area contributed by atoms with Crippen LogP contribution in [-0.2, 0) is 0 Å². The third-order valence-corrected chi connectivity index (χ3v) is 3.62. The van der Waals surface area contributed by atoms with Gasteiger partial charge in [-0.25, -0.2) is 9.97 Å². The van der Waals surface area contributed by atoms with Crippen LogP contribution in [0, 0.1) is 6.92 Å². The number of carbonyl (C=O) groups excluding carboxylic acids is 1. The second kappa shape index (κ2) is 10.2. The normalized spacial score (nSPS) is 10.3. The van der Waals surface area contributed by atoms with E-state index in [1.54, 1.807) is 13.2 Å². The lowest BCUT2D eigenvalue weighted by molar-refractivity contribution is 0.0948. The number of anilines is 1. The maximum absolute atomic E-state index is 12.1. The molecule has 2 rings (SSSR count). The number of carbonyl (C=O) groups is 1. The summed E-state index contributed by atoms with van der Waals surface area (Å²) in [6, 6.07) is 9.06. The van der Waals surface area contributed by atoms with Gasteiger partial charge < -0.3 is 20.1 Å². The van der Waals surface area contributed by atoms with E-state index in [0.717, 1.165) is 30.0 Å². The lowest BCUT2D eigenvalue weighted by atomic mass is 10.3. The Kier molecular flexibility index (Phi) is 7.67. The Bertz CT molecular complexity index is 704. The molecule has 0 aliphatic heterocycles. The van der Waals surface area contributed by atoms with E-state index in [2.05, 4.69) is 27.5 Å². The number of amides is 1. The molecule has 2 aromatic rings. The van der Waals surface area contributed by atoms with Crippen LogP contribution in [0.5, 0.6) is 11.5 Å². The van der Waals surface area contributed by atoms with E-state index in [1.807, 2.05) is 31.2 Å². The molecule has 0 unspecified atom stereocenters. The first-order chi connectivity index (χ1) is 12.6. The molecule has 1 amide bonds. The molecule has 0 aliphatic rings. The Morgan fingerprint density at radius 2 is 1.85 bits per heavy atom. The molecule has 1 aromatic carbocycles. The van der Waals surface area contributed by atoms with E-state index in [-0.39, 0.29) is 5.91 Å². The lowest BCUT2D eigenvalue weighted by Gasteiger charge is -2.10. The molecule has 0 saturated carbocycles. The fourth-order valence-corrected chi connectivity index (χ4v) is 2.24. The van der Waals surface area contributed by atoms with Gasteiger partial charge in [0.25, 0.3) is 5.91 Å². The van der Waals surface area contributed by atoms with Crippen LogP contribution in [-0.4, -0.2) is 42.7 Å². The van der Waals surface area contributed by atoms with Crippen LogP contribution in [0.1, 0.15) is 35.9 Å². The van der Waals surface area contributed by atoms with Crippen molar-refractivity contribution in [3.05, 3.63) is 41.7 Å². The Morgan fingerprint density at radius 1 is 1.12 bits per heavy atom. The average Bonchev–Trinajstić information content (AvgIpc) is 2.65. The van der Waals surface area contributed by atoms with Crippen LogP contribution in [0.2, 0.25) is 0 Å². The standard InChI is InChI=1S/C19H26N4O3/c1-4-5-10-20-18(24)17-13-14(2)22-19(23-17)21-11-12-26-16-8-6-15(25-3)7-9-16/h6-9,13H,4-5,10-12H2,1-3H3,(H,20,24)(H,21,22,23). The van der Waals surface area contributed by atoms with Gasteiger partial charge in [-0.3, -0.25) is 4.79 Å². The van der Waals surface area contributed by atoms with Gasteiger partial charge in [0, 0.05) is 12.2 Å². The molecule has 0 radical (unpaired) electrons. The fourth-order valence-electron chi connectivity index (χ4n) is 2.24. The number of methoxy groups -OCH3 is 1. The summed E-state index contributed by atoms with van der Waals surface area (Å²) >= 11 is 0. The first-order valence-corrected chi connectivity index (χ1v) is 8.77. The van der Waals surface area contributed by atoms with Gasteiger partial charge in [-0.15, -0.1) is 0 Å². The topological polar surface area (TPSA) is 85.4 Å². The average molecular weight is 358 g/mol. The van der Waals surface area contributed by atoms with Crippen LogP contribution in [0.15, 0.2) is 30.3 Å². The fraction of sp³-hybridized carbons (Fsp3) is 0.421. The van der Waals surface area contributed by atoms with E-state index < -0.39 is 0 Å². The van der Waals surface area contributed by atoms with Crippen LogP contribution in [0.3, 0.4) is 0 Å². The van der Waals surface area contributed by atoms with Gasteiger partial charge in [-0.2, -0.15) is 0 Å². The second-order valence-electron chi connectivity index (χ2n) is 5.78. The monoisotopic (exact) mass is 358 g/mol. The quantitative estimate of drug-likeness (QED) is 0.635. The summed E-state index contributed by atoms with van der Waals surface area (Å²) in [5.41, 5.74) is 1.10. The predicted molar refractivity (Wildman–Crippen MR) is 101 cm³/mol. The van der Waals surface area contributed by atoms with Crippen molar-refractivity contribution in [2.45, 2.75) is 26.7 Å². The number of unbranched alkanes of at least 4 members (excludes halogenated alkanes) is 1. The number of hydrogen-bond acceptors (Lipinski definition) is 6. The molecule has 0 bridgehead atoms. The summed E-state index contributed by atoms with van der Waals surface area (Å²) in [7, 11) is 1.62. The minimum absolute atomic E-state index is 0.179. The minimum Gasteiger partial charge on any atom is -0.497 e. The molecular formula is C19H26N4O3. The Morgan fingerprint density at radius 3 is 2.54 bits per heavy atom. The van der Waals surface area contributed by atoms with Crippen LogP contribution >= 0.6 is 0 Å². The van der Waals surface area contributed by atoms with Crippen molar-refractivity contribution in [3.63, 3.8) is 0 Å². The largest absolute Gasteiger partial charge is 0.497 e. The van der Waals surface area contributed by atoms with Crippen molar-refractivity contribution in [3.8, 4) is 11.5 Å². The lowest BCUT2D eigenvalue weighted by Crippen LogP contribution is -2.26. The summed E-state index contributed by atoms with van der Waals surface area (Å²) in [5.74, 6) is 1.78. The highest BCUT2D eigenvalue weighted by atomic mass is 16.5. The summed E-state index contributed by atoms with van der Waals surface area (Å²) < 4.78 is 10.8. The van der Waals surface area contributed by atoms with E-state index in [1.165, 1.54) is 0 Å². The molecular weight excluding hydrogens is 332 g/mol. The highest BCUT2D eigenvalue weighted by Gasteiger charge is 2.10. The third kappa shape index (κ3) is 6.23. The smallest absolute Gasteiger partial charge is 0.270 e. The van der Waals surface area contributed by atoms with E-state index >= 15 is 0 Å². The van der Waals surface area contributed by atoms with Crippen molar-refractivity contribution in [1.82, 2.24) is 15.3 Å². The van der Waals surface area contributed by atoms with E-state index in [9.17, 15) is 4.79 Å². The molecule has 0 spiro atoms. The number of rotatable bonds is 10. The summed E-state index contributed by atoms with van der Waals surface area (Å²) in [5, 5.41) is 5.95. The Hall–Kier alpha value is -2.83. The highest BCUT2D eigenvalue weighted by molar-refractivity contribution is 5.92. The van der Waals surface area contributed by atoms with Crippen molar-refractivity contribution in [1.29, 1.82) is 0 Å². The first kappa shape index (κ1) is 19.5. The predicted octanol–water partition coefficient (Wildman–Crippen LogP) is 2.81. The minimum atomic E-state index is -0.179. The number of aromatic nitrogens is 2. The Labute approximate surface area is 154 Å². The molecule has 1 aromatic heterocycles. The van der Waals surface area contributed by atoms with Gasteiger partial charge in [-0.1, -0.05) is 13.3 Å². The number of hydrogen-bond donors (Lipinski definition) is 2. The number of aryl methyl sites for hydroxylation is 1. The molecule has 0 fully saturated rings. The zero-order chi connectivity index (χ0) is 18.8. The van der Waals surface area contributed by atoms with Crippen LogP contribution < -0.4 is 20.1 Å². The summed E-state index contributed by atoms with van der Waals surface area (Å²) in [4.78, 5) is 20.7. The molecule has 0 saturated heterocycles. The molecule has 7 nitrogen and oxygen atoms in total. The zero-order valence-electron chi connectivity index (χ0n) is 15.5. The van der Waals surface area contributed by atoms with Crippen molar-refractivity contribution in [2.75, 3.05) is 32.1 Å². The molecule has 2 N–H and O–H groups in total. The third-order valence-electron chi connectivity index (χ3n) is 3.62. The van der Waals surface area contributed by atoms with Crippen molar-refractivity contribution in [2.24, 2.45) is 0 Å².